The van der Waals surface area contributed by atoms with Crippen molar-refractivity contribution in [3.63, 3.8) is 0 Å². The summed E-state index contributed by atoms with van der Waals surface area (Å²) in [4.78, 5) is 16.5. The molecule has 1 aliphatic rings. The van der Waals surface area contributed by atoms with Crippen LogP contribution in [0.5, 0.6) is 0 Å². The van der Waals surface area contributed by atoms with Crippen molar-refractivity contribution in [1.82, 2.24) is 10.0 Å². The zero-order valence-electron chi connectivity index (χ0n) is 13.2. The lowest BCUT2D eigenvalue weighted by molar-refractivity contribution is -0.0652. The monoisotopic (exact) mass is 310 g/mol. The van der Waals surface area contributed by atoms with Gasteiger partial charge < -0.3 is 0 Å². The molecule has 0 radical (unpaired) electrons. The smallest absolute Gasteiger partial charge is 0.285 e. The molecular weight excluding hydrogens is 288 g/mol. The van der Waals surface area contributed by atoms with Gasteiger partial charge >= 0.3 is 0 Å². The Balaban J connectivity index is 1.71. The summed E-state index contributed by atoms with van der Waals surface area (Å²) in [7, 11) is 0. The van der Waals surface area contributed by atoms with Crippen LogP contribution in [0.3, 0.4) is 0 Å². The highest BCUT2D eigenvalue weighted by atomic mass is 16.5. The third kappa shape index (κ3) is 3.96. The van der Waals surface area contributed by atoms with E-state index in [9.17, 15) is 10.0 Å². The molecular formula is C19H22N2O2. The quantitative estimate of drug-likeness (QED) is 0.681. The van der Waals surface area contributed by atoms with E-state index in [1.165, 1.54) is 32.1 Å². The Morgan fingerprint density at radius 3 is 2.61 bits per heavy atom. The Morgan fingerprint density at radius 1 is 1.13 bits per heavy atom. The molecule has 0 spiro atoms. The van der Waals surface area contributed by atoms with Gasteiger partial charge in [-0.15, -0.1) is 0 Å². The molecule has 120 valence electrons. The second-order valence-electron chi connectivity index (χ2n) is 6.16. The van der Waals surface area contributed by atoms with E-state index in [0.29, 0.717) is 11.6 Å². The molecule has 23 heavy (non-hydrogen) atoms. The van der Waals surface area contributed by atoms with Gasteiger partial charge in [0.05, 0.1) is 6.54 Å². The zero-order valence-corrected chi connectivity index (χ0v) is 13.2. The first kappa shape index (κ1) is 15.7. The summed E-state index contributed by atoms with van der Waals surface area (Å²) in [6, 6.07) is 13.3. The molecule has 2 aromatic rings. The lowest BCUT2D eigenvalue weighted by atomic mass is 9.84. The molecule has 1 N–H and O–H groups in total. The summed E-state index contributed by atoms with van der Waals surface area (Å²) in [6.45, 7) is 0.162. The predicted molar refractivity (Wildman–Crippen MR) is 88.2 cm³/mol. The molecule has 0 atom stereocenters. The molecule has 3 rings (SSSR count). The molecule has 0 bridgehead atoms. The number of nitrogens with zero attached hydrogens (tertiary/aromatic N) is 2. The molecule has 1 aromatic heterocycles. The van der Waals surface area contributed by atoms with Crippen LogP contribution in [-0.4, -0.2) is 21.2 Å². The molecule has 1 fully saturated rings. The van der Waals surface area contributed by atoms with Crippen molar-refractivity contribution in [2.45, 2.75) is 44.6 Å². The van der Waals surface area contributed by atoms with Gasteiger partial charge in [0.15, 0.2) is 0 Å². The molecule has 1 saturated carbocycles. The summed E-state index contributed by atoms with van der Waals surface area (Å²) in [5.74, 6) is 0.0612. The van der Waals surface area contributed by atoms with Crippen molar-refractivity contribution in [2.75, 3.05) is 0 Å². The van der Waals surface area contributed by atoms with Crippen LogP contribution in [0.4, 0.5) is 0 Å². The third-order valence-corrected chi connectivity index (χ3v) is 4.49. The maximum absolute atomic E-state index is 12.4. The number of hydrogen-bond acceptors (Lipinski definition) is 3. The van der Waals surface area contributed by atoms with Gasteiger partial charge in [0.2, 0.25) is 0 Å². The number of aromatic nitrogens is 1. The van der Waals surface area contributed by atoms with Crippen LogP contribution in [0.2, 0.25) is 0 Å². The number of rotatable bonds is 4. The Morgan fingerprint density at radius 2 is 1.87 bits per heavy atom. The van der Waals surface area contributed by atoms with Crippen LogP contribution in [0.1, 0.15) is 59.6 Å². The SMILES string of the molecule is O=C(c1cc(C2CCCCC2)ccn1)N(O)Cc1ccccc1. The van der Waals surface area contributed by atoms with Crippen molar-refractivity contribution in [1.29, 1.82) is 0 Å². The molecule has 0 unspecified atom stereocenters. The van der Waals surface area contributed by atoms with E-state index >= 15 is 0 Å². The van der Waals surface area contributed by atoms with E-state index in [0.717, 1.165) is 16.2 Å². The van der Waals surface area contributed by atoms with E-state index in [-0.39, 0.29) is 6.54 Å². The highest BCUT2D eigenvalue weighted by molar-refractivity contribution is 5.91. The fraction of sp³-hybridized carbons (Fsp3) is 0.368. The fourth-order valence-electron chi connectivity index (χ4n) is 3.21. The predicted octanol–water partition coefficient (Wildman–Crippen LogP) is 4.16. The highest BCUT2D eigenvalue weighted by Gasteiger charge is 2.20. The van der Waals surface area contributed by atoms with E-state index in [1.54, 1.807) is 6.20 Å². The van der Waals surface area contributed by atoms with Crippen LogP contribution in [0.15, 0.2) is 48.7 Å². The van der Waals surface area contributed by atoms with Crippen molar-refractivity contribution in [3.05, 3.63) is 65.5 Å². The standard InChI is InChI=1S/C19H22N2O2/c22-19(21(23)14-15-7-3-1-4-8-15)18-13-17(11-12-20-18)16-9-5-2-6-10-16/h1,3-4,7-8,11-13,16,23H,2,5-6,9-10,14H2. The number of hydroxylamine groups is 2. The van der Waals surface area contributed by atoms with E-state index in [1.807, 2.05) is 42.5 Å². The van der Waals surface area contributed by atoms with Crippen LogP contribution in [-0.2, 0) is 6.54 Å². The van der Waals surface area contributed by atoms with Crippen LogP contribution >= 0.6 is 0 Å². The number of pyridine rings is 1. The Kier molecular flexibility index (Phi) is 5.03. The maximum Gasteiger partial charge on any atom is 0.296 e. The van der Waals surface area contributed by atoms with Crippen LogP contribution < -0.4 is 0 Å². The second kappa shape index (κ2) is 7.38. The maximum atomic E-state index is 12.4. The highest BCUT2D eigenvalue weighted by Crippen LogP contribution is 2.32. The van der Waals surface area contributed by atoms with Crippen LogP contribution in [0, 0.1) is 0 Å². The van der Waals surface area contributed by atoms with Gasteiger partial charge in [-0.25, -0.2) is 5.06 Å². The third-order valence-electron chi connectivity index (χ3n) is 4.49. The number of amides is 1. The average Bonchev–Trinajstić information content (AvgIpc) is 2.63. The fourth-order valence-corrected chi connectivity index (χ4v) is 3.21. The van der Waals surface area contributed by atoms with Gasteiger partial charge in [-0.1, -0.05) is 49.6 Å². The minimum atomic E-state index is -0.452. The summed E-state index contributed by atoms with van der Waals surface area (Å²) in [6.07, 6.45) is 7.81. The van der Waals surface area contributed by atoms with E-state index in [2.05, 4.69) is 4.98 Å². The Labute approximate surface area is 136 Å². The molecule has 0 aliphatic heterocycles. The number of benzene rings is 1. The Bertz CT molecular complexity index is 651. The van der Waals surface area contributed by atoms with Crippen molar-refractivity contribution in [2.24, 2.45) is 0 Å². The van der Waals surface area contributed by atoms with Gasteiger partial charge in [-0.3, -0.25) is 15.0 Å². The Hall–Kier alpha value is -2.20. The topological polar surface area (TPSA) is 53.4 Å². The molecule has 4 heteroatoms. The van der Waals surface area contributed by atoms with Gasteiger partial charge in [0.1, 0.15) is 5.69 Å². The van der Waals surface area contributed by atoms with Gasteiger partial charge in [-0.05, 0) is 42.0 Å². The molecule has 1 amide bonds. The first-order chi connectivity index (χ1) is 11.2. The number of hydrogen-bond donors (Lipinski definition) is 1. The summed E-state index contributed by atoms with van der Waals surface area (Å²) in [5.41, 5.74) is 2.36. The lowest BCUT2D eigenvalue weighted by Gasteiger charge is -2.22. The number of carbonyl (C=O) groups is 1. The summed E-state index contributed by atoms with van der Waals surface area (Å²) in [5, 5.41) is 10.8. The minimum absolute atomic E-state index is 0.162. The summed E-state index contributed by atoms with van der Waals surface area (Å²) < 4.78 is 0. The largest absolute Gasteiger partial charge is 0.296 e. The minimum Gasteiger partial charge on any atom is -0.285 e. The van der Waals surface area contributed by atoms with E-state index in [4.69, 9.17) is 0 Å². The summed E-state index contributed by atoms with van der Waals surface area (Å²) >= 11 is 0. The van der Waals surface area contributed by atoms with Crippen molar-refractivity contribution < 1.29 is 10.0 Å². The van der Waals surface area contributed by atoms with Crippen molar-refractivity contribution >= 4 is 5.91 Å². The van der Waals surface area contributed by atoms with Gasteiger partial charge in [-0.2, -0.15) is 0 Å². The zero-order chi connectivity index (χ0) is 16.1. The lowest BCUT2D eigenvalue weighted by Crippen LogP contribution is -2.27. The molecule has 1 heterocycles. The first-order valence-corrected chi connectivity index (χ1v) is 8.24. The average molecular weight is 310 g/mol. The molecule has 4 nitrogen and oxygen atoms in total. The molecule has 1 aromatic carbocycles. The normalized spacial score (nSPS) is 15.3. The van der Waals surface area contributed by atoms with Crippen LogP contribution in [0.25, 0.3) is 0 Å². The number of carbonyl (C=O) groups excluding carboxylic acids is 1. The molecule has 0 saturated heterocycles. The van der Waals surface area contributed by atoms with E-state index < -0.39 is 5.91 Å². The van der Waals surface area contributed by atoms with Gasteiger partial charge in [0.25, 0.3) is 5.91 Å². The first-order valence-electron chi connectivity index (χ1n) is 8.24. The second-order valence-corrected chi connectivity index (χ2v) is 6.16. The van der Waals surface area contributed by atoms with Gasteiger partial charge in [0, 0.05) is 6.20 Å². The van der Waals surface area contributed by atoms with Crippen molar-refractivity contribution in [3.8, 4) is 0 Å². The molecule has 1 aliphatic carbocycles.